The molecule has 4 fully saturated rings. The smallest absolute Gasteiger partial charge is 0.0602 e. The van der Waals surface area contributed by atoms with E-state index in [0.29, 0.717) is 23.2 Å². The number of nitrogens with two attached hydrogens (primary N) is 2. The van der Waals surface area contributed by atoms with Crippen LogP contribution in [0.5, 0.6) is 0 Å². The zero-order valence-electron chi connectivity index (χ0n) is 17.3. The van der Waals surface area contributed by atoms with Crippen molar-refractivity contribution in [3.05, 3.63) is 0 Å². The Balaban J connectivity index is 1.65. The molecule has 4 saturated carbocycles. The Morgan fingerprint density at radius 3 is 2.38 bits per heavy atom. The Kier molecular flexibility index (Phi) is 4.47. The molecule has 0 heterocycles. The van der Waals surface area contributed by atoms with Crippen LogP contribution in [0.1, 0.15) is 85.5 Å². The van der Waals surface area contributed by atoms with Crippen LogP contribution in [0.3, 0.4) is 0 Å². The van der Waals surface area contributed by atoms with Crippen molar-refractivity contribution >= 4 is 5.71 Å². The third-order valence-electron chi connectivity index (χ3n) is 9.82. The molecule has 0 aliphatic heterocycles. The van der Waals surface area contributed by atoms with E-state index in [2.05, 4.69) is 37.8 Å². The molecule has 148 valence electrons. The molecule has 4 nitrogen and oxygen atoms in total. The largest absolute Gasteiger partial charge is 0.325 e. The van der Waals surface area contributed by atoms with Gasteiger partial charge in [0.2, 0.25) is 0 Å². The van der Waals surface area contributed by atoms with Gasteiger partial charge in [0, 0.05) is 11.5 Å². The molecule has 0 amide bonds. The van der Waals surface area contributed by atoms with Gasteiger partial charge in [0.15, 0.2) is 0 Å². The summed E-state index contributed by atoms with van der Waals surface area (Å²) in [6, 6.07) is 0. The van der Waals surface area contributed by atoms with Crippen LogP contribution >= 0.6 is 0 Å². The molecule has 26 heavy (non-hydrogen) atoms. The van der Waals surface area contributed by atoms with Crippen molar-refractivity contribution in [3.8, 4) is 0 Å². The topological polar surface area (TPSA) is 73.6 Å². The molecule has 8 atom stereocenters. The fraction of sp³-hybridized carbons (Fsp3) is 0.955. The highest BCUT2D eigenvalue weighted by Crippen LogP contribution is 2.68. The van der Waals surface area contributed by atoms with E-state index in [1.54, 1.807) is 0 Å². The highest BCUT2D eigenvalue weighted by atomic mass is 16.7. The first kappa shape index (κ1) is 18.7. The predicted molar refractivity (Wildman–Crippen MR) is 106 cm³/mol. The summed E-state index contributed by atoms with van der Waals surface area (Å²) in [4.78, 5) is 4.63. The number of rotatable bonds is 2. The SMILES string of the molecule is C/C(=N\ON)C1CCC2C1(C)CCC1C3(C)CCC(C)CC3CCC12N. The minimum atomic E-state index is 0.0113. The summed E-state index contributed by atoms with van der Waals surface area (Å²) in [5.41, 5.74) is 9.19. The molecular weight excluding hydrogens is 322 g/mol. The van der Waals surface area contributed by atoms with Crippen molar-refractivity contribution in [1.82, 2.24) is 0 Å². The standard InChI is InChI=1S/C22H39N3O/c1-14-7-10-20(3)16(13-14)8-12-22(23)18-6-5-17(15(2)25-26-24)21(18,4)11-9-19(20)22/h14,16-19H,5-13,23-24H2,1-4H3/b25-15+. The second kappa shape index (κ2) is 6.20. The molecule has 0 aromatic heterocycles. The first-order chi connectivity index (χ1) is 12.3. The maximum atomic E-state index is 7.40. The van der Waals surface area contributed by atoms with Crippen molar-refractivity contribution in [2.24, 2.45) is 57.2 Å². The van der Waals surface area contributed by atoms with Crippen LogP contribution in [0, 0.1) is 40.4 Å². The zero-order chi connectivity index (χ0) is 18.7. The predicted octanol–water partition coefficient (Wildman–Crippen LogP) is 4.63. The third kappa shape index (κ3) is 2.44. The van der Waals surface area contributed by atoms with Crippen LogP contribution in [0.2, 0.25) is 0 Å². The van der Waals surface area contributed by atoms with Gasteiger partial charge in [0.1, 0.15) is 0 Å². The van der Waals surface area contributed by atoms with Crippen molar-refractivity contribution < 1.29 is 4.94 Å². The monoisotopic (exact) mass is 361 g/mol. The number of nitrogens with zero attached hydrogens (tertiary/aromatic N) is 1. The molecule has 4 N–H and O–H groups in total. The average Bonchev–Trinajstić information content (AvgIpc) is 2.94. The van der Waals surface area contributed by atoms with Gasteiger partial charge in [-0.15, -0.1) is 5.90 Å². The van der Waals surface area contributed by atoms with Crippen molar-refractivity contribution in [3.63, 3.8) is 0 Å². The molecule has 4 aliphatic carbocycles. The van der Waals surface area contributed by atoms with E-state index in [-0.39, 0.29) is 11.0 Å². The molecule has 8 unspecified atom stereocenters. The quantitative estimate of drug-likeness (QED) is 0.556. The highest BCUT2D eigenvalue weighted by molar-refractivity contribution is 5.85. The summed E-state index contributed by atoms with van der Waals surface area (Å²) < 4.78 is 0. The summed E-state index contributed by atoms with van der Waals surface area (Å²) in [5, 5.41) is 4.11. The molecule has 0 bridgehead atoms. The van der Waals surface area contributed by atoms with Crippen LogP contribution in [-0.4, -0.2) is 11.3 Å². The van der Waals surface area contributed by atoms with E-state index in [4.69, 9.17) is 11.6 Å². The van der Waals surface area contributed by atoms with Gasteiger partial charge in [-0.25, -0.2) is 0 Å². The lowest BCUT2D eigenvalue weighted by Gasteiger charge is -2.65. The minimum Gasteiger partial charge on any atom is -0.325 e. The minimum absolute atomic E-state index is 0.0113. The molecule has 4 heteroatoms. The number of fused-ring (bicyclic) bond motifs is 5. The van der Waals surface area contributed by atoms with Crippen LogP contribution in [0.15, 0.2) is 5.16 Å². The number of hydrogen-bond acceptors (Lipinski definition) is 4. The maximum absolute atomic E-state index is 7.40. The highest BCUT2D eigenvalue weighted by Gasteiger charge is 2.65. The van der Waals surface area contributed by atoms with E-state index in [0.717, 1.165) is 17.5 Å². The lowest BCUT2D eigenvalue weighted by molar-refractivity contribution is -0.127. The Morgan fingerprint density at radius 1 is 0.962 bits per heavy atom. The summed E-state index contributed by atoms with van der Waals surface area (Å²) >= 11 is 0. The van der Waals surface area contributed by atoms with E-state index < -0.39 is 0 Å². The summed E-state index contributed by atoms with van der Waals surface area (Å²) in [5.74, 6) is 8.80. The van der Waals surface area contributed by atoms with Gasteiger partial charge in [-0.2, -0.15) is 0 Å². The van der Waals surface area contributed by atoms with Gasteiger partial charge in [-0.05, 0) is 92.8 Å². The zero-order valence-corrected chi connectivity index (χ0v) is 17.3. The third-order valence-corrected chi connectivity index (χ3v) is 9.82. The van der Waals surface area contributed by atoms with Gasteiger partial charge in [0.25, 0.3) is 0 Å². The number of hydrogen-bond donors (Lipinski definition) is 2. The van der Waals surface area contributed by atoms with Crippen LogP contribution in [-0.2, 0) is 4.94 Å². The normalized spacial score (nSPS) is 54.2. The van der Waals surface area contributed by atoms with Crippen LogP contribution in [0.25, 0.3) is 0 Å². The molecule has 0 radical (unpaired) electrons. The summed E-state index contributed by atoms with van der Waals surface area (Å²) in [7, 11) is 0. The lowest BCUT2D eigenvalue weighted by Crippen LogP contribution is -2.68. The Labute approximate surface area is 159 Å². The second-order valence-electron chi connectivity index (χ2n) is 10.9. The molecule has 0 aromatic carbocycles. The van der Waals surface area contributed by atoms with Gasteiger partial charge in [-0.3, -0.25) is 0 Å². The van der Waals surface area contributed by atoms with Gasteiger partial charge in [0.05, 0.1) is 5.71 Å². The van der Waals surface area contributed by atoms with E-state index in [1.807, 2.05) is 0 Å². The Morgan fingerprint density at radius 2 is 1.65 bits per heavy atom. The van der Waals surface area contributed by atoms with E-state index in [1.165, 1.54) is 57.8 Å². The molecule has 4 rings (SSSR count). The fourth-order valence-corrected chi connectivity index (χ4v) is 8.52. The van der Waals surface area contributed by atoms with Crippen molar-refractivity contribution in [2.45, 2.75) is 91.0 Å². The first-order valence-electron chi connectivity index (χ1n) is 10.9. The Bertz CT molecular complexity index is 592. The molecule has 0 saturated heterocycles. The van der Waals surface area contributed by atoms with Gasteiger partial charge < -0.3 is 10.7 Å². The summed E-state index contributed by atoms with van der Waals surface area (Å²) in [6.45, 7) is 9.61. The van der Waals surface area contributed by atoms with Crippen molar-refractivity contribution in [2.75, 3.05) is 0 Å². The van der Waals surface area contributed by atoms with E-state index in [9.17, 15) is 0 Å². The summed E-state index contributed by atoms with van der Waals surface area (Å²) in [6.07, 6.45) is 11.8. The fourth-order valence-electron chi connectivity index (χ4n) is 8.52. The van der Waals surface area contributed by atoms with E-state index >= 15 is 0 Å². The van der Waals surface area contributed by atoms with Gasteiger partial charge in [-0.1, -0.05) is 32.3 Å². The molecular formula is C22H39N3O. The first-order valence-corrected chi connectivity index (χ1v) is 10.9. The van der Waals surface area contributed by atoms with Crippen molar-refractivity contribution in [1.29, 1.82) is 0 Å². The molecule has 0 aromatic rings. The van der Waals surface area contributed by atoms with Crippen LogP contribution < -0.4 is 11.6 Å². The van der Waals surface area contributed by atoms with Gasteiger partial charge >= 0.3 is 0 Å². The average molecular weight is 362 g/mol. The van der Waals surface area contributed by atoms with Crippen LogP contribution in [0.4, 0.5) is 0 Å². The Hall–Kier alpha value is -0.610. The maximum Gasteiger partial charge on any atom is 0.0602 e. The second-order valence-corrected chi connectivity index (χ2v) is 10.9. The molecule has 4 aliphatic rings. The lowest BCUT2D eigenvalue weighted by atomic mass is 9.41. The molecule has 0 spiro atoms. The number of oxime groups is 1.